The minimum atomic E-state index is -0.0608. The molecule has 1 heteroatoms. The minimum absolute atomic E-state index is 0.0608. The van der Waals surface area contributed by atoms with E-state index in [0.717, 1.165) is 17.1 Å². The third-order valence-corrected chi connectivity index (χ3v) is 12.3. The van der Waals surface area contributed by atoms with Crippen LogP contribution in [0.4, 0.5) is 17.1 Å². The zero-order valence-electron chi connectivity index (χ0n) is 31.5. The summed E-state index contributed by atoms with van der Waals surface area (Å²) in [6.07, 6.45) is 0. The first-order valence-electron chi connectivity index (χ1n) is 19.6. The van der Waals surface area contributed by atoms with E-state index in [2.05, 4.69) is 219 Å². The number of benzene rings is 10. The zero-order chi connectivity index (χ0) is 37.4. The molecular weight excluding hydrogens is 675 g/mol. The molecule has 56 heavy (non-hydrogen) atoms. The smallest absolute Gasteiger partial charge is 0.0540 e. The van der Waals surface area contributed by atoms with Crippen molar-refractivity contribution < 1.29 is 0 Å². The second kappa shape index (κ2) is 12.5. The first kappa shape index (κ1) is 32.5. The number of para-hydroxylation sites is 1. The summed E-state index contributed by atoms with van der Waals surface area (Å²) in [5, 5.41) is 10.2. The summed E-state index contributed by atoms with van der Waals surface area (Å²) in [7, 11) is 0. The standard InChI is InChI=1S/C55H39N/c1-55(2)52-23-9-7-18-49(52)51-35-40(30-34-53(51)55)56(54-24-10-8-19-50(54)44-21-11-15-36-13-3-5-16-41(36)44)39-28-25-38(26-29-39)43-20-12-22-45-46(43)32-33-47-42-17-6-4-14-37(42)27-31-48(45)47/h3-35H,1-2H3. The largest absolute Gasteiger partial charge is 0.310 e. The first-order chi connectivity index (χ1) is 27.5. The van der Waals surface area contributed by atoms with E-state index >= 15 is 0 Å². The van der Waals surface area contributed by atoms with Crippen LogP contribution in [0.25, 0.3) is 76.5 Å². The van der Waals surface area contributed by atoms with Crippen LogP contribution in [0.15, 0.2) is 200 Å². The molecular formula is C55H39N. The highest BCUT2D eigenvalue weighted by molar-refractivity contribution is 6.19. The summed E-state index contributed by atoms with van der Waals surface area (Å²) >= 11 is 0. The van der Waals surface area contributed by atoms with Gasteiger partial charge in [-0.1, -0.05) is 184 Å². The van der Waals surface area contributed by atoms with Crippen LogP contribution in [0.5, 0.6) is 0 Å². The molecule has 1 nitrogen and oxygen atoms in total. The molecule has 0 aromatic heterocycles. The van der Waals surface area contributed by atoms with Crippen molar-refractivity contribution in [2.75, 3.05) is 4.90 Å². The van der Waals surface area contributed by atoms with Gasteiger partial charge in [-0.25, -0.2) is 0 Å². The van der Waals surface area contributed by atoms with Gasteiger partial charge in [-0.2, -0.15) is 0 Å². The maximum atomic E-state index is 2.46. The first-order valence-corrected chi connectivity index (χ1v) is 19.6. The second-order valence-electron chi connectivity index (χ2n) is 15.7. The van der Waals surface area contributed by atoms with E-state index in [-0.39, 0.29) is 5.41 Å². The molecule has 0 spiro atoms. The average Bonchev–Trinajstić information content (AvgIpc) is 3.49. The van der Waals surface area contributed by atoms with Gasteiger partial charge in [-0.3, -0.25) is 0 Å². The molecule has 0 radical (unpaired) electrons. The third-order valence-electron chi connectivity index (χ3n) is 12.3. The maximum absolute atomic E-state index is 2.46. The lowest BCUT2D eigenvalue weighted by Gasteiger charge is -2.29. The molecule has 1 aliphatic rings. The molecule has 0 bridgehead atoms. The van der Waals surface area contributed by atoms with Gasteiger partial charge in [0.25, 0.3) is 0 Å². The molecule has 0 atom stereocenters. The highest BCUT2D eigenvalue weighted by Gasteiger charge is 2.35. The van der Waals surface area contributed by atoms with Crippen molar-refractivity contribution in [2.45, 2.75) is 19.3 Å². The predicted octanol–water partition coefficient (Wildman–Crippen LogP) is 15.4. The van der Waals surface area contributed by atoms with E-state index < -0.39 is 0 Å². The lowest BCUT2D eigenvalue weighted by atomic mass is 9.82. The molecule has 0 unspecified atom stereocenters. The molecule has 11 rings (SSSR count). The van der Waals surface area contributed by atoms with Crippen molar-refractivity contribution in [3.05, 3.63) is 211 Å². The van der Waals surface area contributed by atoms with Gasteiger partial charge in [0.05, 0.1) is 5.69 Å². The fraction of sp³-hybridized carbons (Fsp3) is 0.0545. The number of fused-ring (bicyclic) bond motifs is 9. The maximum Gasteiger partial charge on any atom is 0.0540 e. The molecule has 0 aliphatic heterocycles. The van der Waals surface area contributed by atoms with Gasteiger partial charge in [0.2, 0.25) is 0 Å². The molecule has 0 saturated heterocycles. The van der Waals surface area contributed by atoms with Crippen LogP contribution in [0, 0.1) is 0 Å². The average molecular weight is 714 g/mol. The molecule has 0 heterocycles. The van der Waals surface area contributed by atoms with Crippen LogP contribution in [-0.4, -0.2) is 0 Å². The molecule has 0 fully saturated rings. The molecule has 0 saturated carbocycles. The Morgan fingerprint density at radius 1 is 0.321 bits per heavy atom. The van der Waals surface area contributed by atoms with Crippen LogP contribution in [-0.2, 0) is 5.41 Å². The van der Waals surface area contributed by atoms with Gasteiger partial charge in [0, 0.05) is 22.4 Å². The van der Waals surface area contributed by atoms with Gasteiger partial charge >= 0.3 is 0 Å². The Kier molecular flexibility index (Phi) is 7.28. The Morgan fingerprint density at radius 2 is 0.857 bits per heavy atom. The molecule has 0 amide bonds. The summed E-state index contributed by atoms with van der Waals surface area (Å²) in [5.41, 5.74) is 13.6. The Bertz CT molecular complexity index is 3160. The van der Waals surface area contributed by atoms with Crippen LogP contribution in [0.3, 0.4) is 0 Å². The van der Waals surface area contributed by atoms with Crippen molar-refractivity contribution in [1.29, 1.82) is 0 Å². The van der Waals surface area contributed by atoms with Crippen LogP contribution in [0.2, 0.25) is 0 Å². The quantitative estimate of drug-likeness (QED) is 0.161. The van der Waals surface area contributed by atoms with E-state index in [1.165, 1.54) is 87.6 Å². The number of hydrogen-bond acceptors (Lipinski definition) is 1. The lowest BCUT2D eigenvalue weighted by molar-refractivity contribution is 0.660. The highest BCUT2D eigenvalue weighted by atomic mass is 15.1. The van der Waals surface area contributed by atoms with Gasteiger partial charge in [0.1, 0.15) is 0 Å². The van der Waals surface area contributed by atoms with Crippen molar-refractivity contribution in [3.8, 4) is 33.4 Å². The molecule has 264 valence electrons. The second-order valence-corrected chi connectivity index (χ2v) is 15.7. The Labute approximate surface area is 327 Å². The fourth-order valence-electron chi connectivity index (χ4n) is 9.53. The van der Waals surface area contributed by atoms with E-state index in [4.69, 9.17) is 0 Å². The van der Waals surface area contributed by atoms with Crippen LogP contribution in [0.1, 0.15) is 25.0 Å². The summed E-state index contributed by atoms with van der Waals surface area (Å²) in [5.74, 6) is 0. The lowest BCUT2D eigenvalue weighted by Crippen LogP contribution is -2.15. The molecule has 1 aliphatic carbocycles. The normalized spacial score (nSPS) is 13.0. The van der Waals surface area contributed by atoms with Crippen molar-refractivity contribution in [1.82, 2.24) is 0 Å². The zero-order valence-corrected chi connectivity index (χ0v) is 31.5. The van der Waals surface area contributed by atoms with Crippen molar-refractivity contribution in [3.63, 3.8) is 0 Å². The number of anilines is 3. The summed E-state index contributed by atoms with van der Waals surface area (Å²) < 4.78 is 0. The SMILES string of the molecule is CC1(C)c2ccccc2-c2cc(N(c3ccc(-c4cccc5c4ccc4c6ccccc6ccc54)cc3)c3ccccc3-c3cccc4ccccc34)ccc21. The van der Waals surface area contributed by atoms with Gasteiger partial charge in [-0.05, 0) is 112 Å². The number of hydrogen-bond donors (Lipinski definition) is 0. The third kappa shape index (κ3) is 4.94. The monoisotopic (exact) mass is 713 g/mol. The van der Waals surface area contributed by atoms with Crippen LogP contribution >= 0.6 is 0 Å². The highest BCUT2D eigenvalue weighted by Crippen LogP contribution is 2.51. The Hall–Kier alpha value is -6.96. The summed E-state index contributed by atoms with van der Waals surface area (Å²) in [4.78, 5) is 2.46. The molecule has 10 aromatic rings. The van der Waals surface area contributed by atoms with E-state index in [0.29, 0.717) is 0 Å². The summed E-state index contributed by atoms with van der Waals surface area (Å²) in [6, 6.07) is 74.0. The van der Waals surface area contributed by atoms with E-state index in [1.807, 2.05) is 0 Å². The van der Waals surface area contributed by atoms with Crippen molar-refractivity contribution in [2.24, 2.45) is 0 Å². The minimum Gasteiger partial charge on any atom is -0.310 e. The molecule has 10 aromatic carbocycles. The Morgan fingerprint density at radius 3 is 1.71 bits per heavy atom. The molecule has 0 N–H and O–H groups in total. The topological polar surface area (TPSA) is 3.24 Å². The van der Waals surface area contributed by atoms with Gasteiger partial charge in [-0.15, -0.1) is 0 Å². The Balaban J connectivity index is 1.09. The summed E-state index contributed by atoms with van der Waals surface area (Å²) in [6.45, 7) is 4.70. The van der Waals surface area contributed by atoms with E-state index in [9.17, 15) is 0 Å². The van der Waals surface area contributed by atoms with Gasteiger partial charge in [0.15, 0.2) is 0 Å². The number of nitrogens with zero attached hydrogens (tertiary/aromatic N) is 1. The van der Waals surface area contributed by atoms with Crippen molar-refractivity contribution >= 4 is 60.2 Å². The fourth-order valence-corrected chi connectivity index (χ4v) is 9.53. The van der Waals surface area contributed by atoms with Gasteiger partial charge < -0.3 is 4.90 Å². The van der Waals surface area contributed by atoms with Crippen LogP contribution < -0.4 is 4.90 Å². The number of rotatable bonds is 5. The van der Waals surface area contributed by atoms with E-state index in [1.54, 1.807) is 0 Å². The predicted molar refractivity (Wildman–Crippen MR) is 240 cm³/mol.